The predicted octanol–water partition coefficient (Wildman–Crippen LogP) is 12.9. The summed E-state index contributed by atoms with van der Waals surface area (Å²) in [5.41, 5.74) is 12.8. The number of fused-ring (bicyclic) bond motifs is 6. The molecule has 1 aliphatic carbocycles. The van der Waals surface area contributed by atoms with Crippen LogP contribution in [0, 0.1) is 0 Å². The summed E-state index contributed by atoms with van der Waals surface area (Å²) in [6, 6.07) is 61.3. The molecular formula is C49H34N2. The summed E-state index contributed by atoms with van der Waals surface area (Å²) in [5, 5.41) is 7.35. The lowest BCUT2D eigenvalue weighted by molar-refractivity contribution is 0.661. The zero-order chi connectivity index (χ0) is 34.1. The maximum Gasteiger partial charge on any atom is 0.160 e. The van der Waals surface area contributed by atoms with Gasteiger partial charge in [-0.15, -0.1) is 0 Å². The molecule has 1 aliphatic rings. The fourth-order valence-corrected chi connectivity index (χ4v) is 8.25. The lowest BCUT2D eigenvalue weighted by atomic mass is 9.81. The van der Waals surface area contributed by atoms with E-state index in [0.717, 1.165) is 33.9 Å². The Balaban J connectivity index is 1.18. The van der Waals surface area contributed by atoms with Gasteiger partial charge in [-0.25, -0.2) is 9.97 Å². The highest BCUT2D eigenvalue weighted by Crippen LogP contribution is 2.54. The number of hydrogen-bond acceptors (Lipinski definition) is 2. The Kier molecular flexibility index (Phi) is 6.56. The fraction of sp³-hybridized carbons (Fsp3) is 0.0612. The molecule has 0 amide bonds. The predicted molar refractivity (Wildman–Crippen MR) is 214 cm³/mol. The first-order valence-electron chi connectivity index (χ1n) is 17.7. The number of benzene rings is 8. The van der Waals surface area contributed by atoms with Crippen molar-refractivity contribution in [2.24, 2.45) is 0 Å². The Morgan fingerprint density at radius 2 is 1.00 bits per heavy atom. The molecule has 1 heterocycles. The van der Waals surface area contributed by atoms with Crippen LogP contribution in [0.2, 0.25) is 0 Å². The minimum absolute atomic E-state index is 0.103. The molecule has 51 heavy (non-hydrogen) atoms. The summed E-state index contributed by atoms with van der Waals surface area (Å²) in [4.78, 5) is 10.4. The molecule has 10 rings (SSSR count). The minimum Gasteiger partial charge on any atom is -0.228 e. The van der Waals surface area contributed by atoms with Crippen molar-refractivity contribution in [3.8, 4) is 56.2 Å². The maximum atomic E-state index is 5.24. The van der Waals surface area contributed by atoms with Crippen LogP contribution in [0.1, 0.15) is 25.0 Å². The molecule has 0 bridgehead atoms. The van der Waals surface area contributed by atoms with E-state index in [4.69, 9.17) is 9.97 Å². The summed E-state index contributed by atoms with van der Waals surface area (Å²) in [7, 11) is 0. The van der Waals surface area contributed by atoms with E-state index in [0.29, 0.717) is 0 Å². The quantitative estimate of drug-likeness (QED) is 0.189. The molecule has 0 spiro atoms. The second kappa shape index (κ2) is 11.3. The van der Waals surface area contributed by atoms with Gasteiger partial charge < -0.3 is 0 Å². The molecule has 0 N–H and O–H groups in total. The first-order chi connectivity index (χ1) is 25.0. The molecule has 240 valence electrons. The SMILES string of the molecule is CC1(C)c2cc3ccccc3cc2-c2c(-c3ccc(-c4cc(-c5ccc6ccccc6c5)nc(-c5ccccc5)n4)c4ccccc34)cccc21. The molecular weight excluding hydrogens is 617 g/mol. The van der Waals surface area contributed by atoms with E-state index in [-0.39, 0.29) is 5.41 Å². The Morgan fingerprint density at radius 1 is 0.373 bits per heavy atom. The summed E-state index contributed by atoms with van der Waals surface area (Å²) < 4.78 is 0. The molecule has 0 radical (unpaired) electrons. The summed E-state index contributed by atoms with van der Waals surface area (Å²) in [6.07, 6.45) is 0. The van der Waals surface area contributed by atoms with Crippen LogP contribution in [0.4, 0.5) is 0 Å². The van der Waals surface area contributed by atoms with Gasteiger partial charge in [-0.05, 0) is 90.0 Å². The number of aromatic nitrogens is 2. The van der Waals surface area contributed by atoms with Gasteiger partial charge in [0.2, 0.25) is 0 Å². The fourth-order valence-electron chi connectivity index (χ4n) is 8.25. The van der Waals surface area contributed by atoms with Gasteiger partial charge in [0.25, 0.3) is 0 Å². The molecule has 0 atom stereocenters. The highest BCUT2D eigenvalue weighted by atomic mass is 14.9. The van der Waals surface area contributed by atoms with Crippen LogP contribution in [0.25, 0.3) is 88.5 Å². The van der Waals surface area contributed by atoms with E-state index < -0.39 is 0 Å². The normalized spacial score (nSPS) is 13.1. The second-order valence-corrected chi connectivity index (χ2v) is 14.2. The molecule has 9 aromatic rings. The van der Waals surface area contributed by atoms with E-state index >= 15 is 0 Å². The zero-order valence-corrected chi connectivity index (χ0v) is 28.6. The van der Waals surface area contributed by atoms with Gasteiger partial charge in [-0.3, -0.25) is 0 Å². The largest absolute Gasteiger partial charge is 0.228 e. The summed E-state index contributed by atoms with van der Waals surface area (Å²) >= 11 is 0. The van der Waals surface area contributed by atoms with Crippen molar-refractivity contribution >= 4 is 32.3 Å². The van der Waals surface area contributed by atoms with Gasteiger partial charge in [-0.1, -0.05) is 159 Å². The topological polar surface area (TPSA) is 25.8 Å². The molecule has 8 aromatic carbocycles. The lowest BCUT2D eigenvalue weighted by Crippen LogP contribution is -2.14. The van der Waals surface area contributed by atoms with Gasteiger partial charge in [0, 0.05) is 22.1 Å². The average molecular weight is 651 g/mol. The van der Waals surface area contributed by atoms with E-state index in [1.165, 1.54) is 65.7 Å². The number of rotatable bonds is 4. The van der Waals surface area contributed by atoms with Gasteiger partial charge in [0.05, 0.1) is 11.4 Å². The Hall–Kier alpha value is -6.38. The zero-order valence-electron chi connectivity index (χ0n) is 28.6. The van der Waals surface area contributed by atoms with Crippen LogP contribution in [0.3, 0.4) is 0 Å². The lowest BCUT2D eigenvalue weighted by Gasteiger charge is -2.22. The van der Waals surface area contributed by atoms with Crippen LogP contribution in [0.15, 0.2) is 170 Å². The van der Waals surface area contributed by atoms with Gasteiger partial charge in [0.15, 0.2) is 5.82 Å². The minimum atomic E-state index is -0.103. The molecule has 0 fully saturated rings. The Labute approximate surface area is 297 Å². The molecule has 0 aliphatic heterocycles. The van der Waals surface area contributed by atoms with Crippen molar-refractivity contribution in [3.05, 3.63) is 181 Å². The van der Waals surface area contributed by atoms with Crippen LogP contribution < -0.4 is 0 Å². The van der Waals surface area contributed by atoms with Gasteiger partial charge >= 0.3 is 0 Å². The van der Waals surface area contributed by atoms with Crippen LogP contribution in [-0.4, -0.2) is 9.97 Å². The molecule has 0 unspecified atom stereocenters. The monoisotopic (exact) mass is 650 g/mol. The van der Waals surface area contributed by atoms with Crippen molar-refractivity contribution in [2.75, 3.05) is 0 Å². The average Bonchev–Trinajstić information content (AvgIpc) is 3.41. The smallest absolute Gasteiger partial charge is 0.160 e. The molecule has 2 heteroatoms. The van der Waals surface area contributed by atoms with Crippen LogP contribution in [0.5, 0.6) is 0 Å². The second-order valence-electron chi connectivity index (χ2n) is 14.2. The van der Waals surface area contributed by atoms with Crippen LogP contribution in [-0.2, 0) is 5.41 Å². The van der Waals surface area contributed by atoms with E-state index in [1.807, 2.05) is 18.2 Å². The third kappa shape index (κ3) is 4.71. The van der Waals surface area contributed by atoms with Crippen molar-refractivity contribution in [1.29, 1.82) is 0 Å². The number of nitrogens with zero attached hydrogens (tertiary/aromatic N) is 2. The van der Waals surface area contributed by atoms with Crippen molar-refractivity contribution in [3.63, 3.8) is 0 Å². The highest BCUT2D eigenvalue weighted by Gasteiger charge is 2.37. The third-order valence-corrected chi connectivity index (χ3v) is 10.9. The van der Waals surface area contributed by atoms with Crippen molar-refractivity contribution in [2.45, 2.75) is 19.3 Å². The molecule has 0 saturated heterocycles. The van der Waals surface area contributed by atoms with E-state index in [1.54, 1.807) is 0 Å². The first-order valence-corrected chi connectivity index (χ1v) is 17.7. The number of hydrogen-bond donors (Lipinski definition) is 0. The molecule has 2 nitrogen and oxygen atoms in total. The van der Waals surface area contributed by atoms with E-state index in [2.05, 4.69) is 166 Å². The van der Waals surface area contributed by atoms with Crippen molar-refractivity contribution in [1.82, 2.24) is 9.97 Å². The molecule has 1 aromatic heterocycles. The van der Waals surface area contributed by atoms with E-state index in [9.17, 15) is 0 Å². The van der Waals surface area contributed by atoms with Crippen LogP contribution >= 0.6 is 0 Å². The first kappa shape index (κ1) is 29.5. The summed E-state index contributed by atoms with van der Waals surface area (Å²) in [6.45, 7) is 4.73. The maximum absolute atomic E-state index is 5.24. The Bertz CT molecular complexity index is 2830. The van der Waals surface area contributed by atoms with Gasteiger partial charge in [0.1, 0.15) is 0 Å². The Morgan fingerprint density at radius 3 is 1.78 bits per heavy atom. The summed E-state index contributed by atoms with van der Waals surface area (Å²) in [5.74, 6) is 0.719. The molecule has 0 saturated carbocycles. The van der Waals surface area contributed by atoms with Gasteiger partial charge in [-0.2, -0.15) is 0 Å². The third-order valence-electron chi connectivity index (χ3n) is 10.9. The highest BCUT2D eigenvalue weighted by molar-refractivity contribution is 6.08. The standard InChI is InChI=1S/C49H34N2/c1-49(2)43-22-12-21-41(47(43)42-28-34-17-8-9-18-35(34)29-44(42)49)39-25-26-40(38-20-11-10-19-37(38)39)46-30-45(50-48(51-46)32-14-4-3-5-15-32)36-24-23-31-13-6-7-16-33(31)27-36/h3-30H,1-2H3. The van der Waals surface area contributed by atoms with Crippen molar-refractivity contribution < 1.29 is 0 Å².